The fourth-order valence-corrected chi connectivity index (χ4v) is 2.68. The number of nitrogens with one attached hydrogen (secondary N) is 1. The summed E-state index contributed by atoms with van der Waals surface area (Å²) in [6, 6.07) is 17.7. The maximum absolute atomic E-state index is 13.7. The molecule has 5 heteroatoms. The summed E-state index contributed by atoms with van der Waals surface area (Å²) in [6.07, 6.45) is 4.00. The first-order chi connectivity index (χ1) is 13.2. The van der Waals surface area contributed by atoms with Crippen molar-refractivity contribution in [2.75, 3.05) is 5.32 Å². The number of anilines is 1. The Labute approximate surface area is 158 Å². The summed E-state index contributed by atoms with van der Waals surface area (Å²) in [5, 5.41) is 2.83. The van der Waals surface area contributed by atoms with Gasteiger partial charge in [0.1, 0.15) is 0 Å². The van der Waals surface area contributed by atoms with Crippen molar-refractivity contribution in [3.63, 3.8) is 0 Å². The first-order valence-electron chi connectivity index (χ1n) is 8.85. The zero-order valence-electron chi connectivity index (χ0n) is 15.1. The molecule has 1 N–H and O–H groups in total. The molecular weight excluding hydrogens is 343 g/mol. The SMILES string of the molecule is CC[C@@H](Oc1ccccc1F)C(=O)Nc1ccc(Cc2ccncc2)cc1. The lowest BCUT2D eigenvalue weighted by atomic mass is 10.1. The van der Waals surface area contributed by atoms with Crippen molar-refractivity contribution < 1.29 is 13.9 Å². The van der Waals surface area contributed by atoms with Crippen LogP contribution >= 0.6 is 0 Å². The lowest BCUT2D eigenvalue weighted by molar-refractivity contribution is -0.122. The predicted octanol–water partition coefficient (Wildman–Crippen LogP) is 4.61. The first kappa shape index (κ1) is 18.6. The van der Waals surface area contributed by atoms with Gasteiger partial charge >= 0.3 is 0 Å². The van der Waals surface area contributed by atoms with Crippen molar-refractivity contribution in [3.05, 3.63) is 90.0 Å². The Morgan fingerprint density at radius 1 is 1.04 bits per heavy atom. The lowest BCUT2D eigenvalue weighted by Crippen LogP contribution is -2.32. The van der Waals surface area contributed by atoms with Crippen LogP contribution in [0.3, 0.4) is 0 Å². The average Bonchev–Trinajstić information content (AvgIpc) is 2.69. The number of ether oxygens (including phenoxy) is 1. The zero-order chi connectivity index (χ0) is 19.1. The van der Waals surface area contributed by atoms with Crippen LogP contribution in [-0.4, -0.2) is 17.0 Å². The third-order valence-corrected chi connectivity index (χ3v) is 4.15. The van der Waals surface area contributed by atoms with E-state index < -0.39 is 11.9 Å². The molecule has 27 heavy (non-hydrogen) atoms. The Bertz CT molecular complexity index is 882. The van der Waals surface area contributed by atoms with E-state index in [9.17, 15) is 9.18 Å². The van der Waals surface area contributed by atoms with Crippen LogP contribution < -0.4 is 10.1 Å². The Balaban J connectivity index is 1.61. The van der Waals surface area contributed by atoms with Crippen LogP contribution in [0.4, 0.5) is 10.1 Å². The minimum Gasteiger partial charge on any atom is -0.478 e. The van der Waals surface area contributed by atoms with Crippen LogP contribution in [0.2, 0.25) is 0 Å². The van der Waals surface area contributed by atoms with Crippen LogP contribution in [0.5, 0.6) is 5.75 Å². The molecule has 0 aliphatic carbocycles. The zero-order valence-corrected chi connectivity index (χ0v) is 15.1. The molecule has 0 fully saturated rings. The van der Waals surface area contributed by atoms with Crippen LogP contribution in [0.1, 0.15) is 24.5 Å². The van der Waals surface area contributed by atoms with E-state index in [0.29, 0.717) is 12.1 Å². The number of carbonyl (C=O) groups excluding carboxylic acids is 1. The quantitative estimate of drug-likeness (QED) is 0.666. The van der Waals surface area contributed by atoms with E-state index >= 15 is 0 Å². The molecule has 0 spiro atoms. The summed E-state index contributed by atoms with van der Waals surface area (Å²) in [6.45, 7) is 1.82. The van der Waals surface area contributed by atoms with Crippen molar-refractivity contribution in [1.29, 1.82) is 0 Å². The molecule has 0 saturated carbocycles. The molecule has 1 aromatic heterocycles. The summed E-state index contributed by atoms with van der Waals surface area (Å²) in [5.41, 5.74) is 2.98. The molecule has 1 amide bonds. The highest BCUT2D eigenvalue weighted by Crippen LogP contribution is 2.19. The molecule has 3 aromatic rings. The fourth-order valence-electron chi connectivity index (χ4n) is 2.68. The van der Waals surface area contributed by atoms with E-state index in [1.54, 1.807) is 24.5 Å². The largest absolute Gasteiger partial charge is 0.478 e. The number of nitrogens with zero attached hydrogens (tertiary/aromatic N) is 1. The van der Waals surface area contributed by atoms with Crippen molar-refractivity contribution >= 4 is 11.6 Å². The second kappa shape index (κ2) is 8.94. The van der Waals surface area contributed by atoms with Gasteiger partial charge in [-0.1, -0.05) is 31.2 Å². The van der Waals surface area contributed by atoms with Crippen LogP contribution in [0, 0.1) is 5.82 Å². The molecule has 0 saturated heterocycles. The highest BCUT2D eigenvalue weighted by Gasteiger charge is 2.20. The van der Waals surface area contributed by atoms with Gasteiger partial charge in [-0.3, -0.25) is 9.78 Å². The Morgan fingerprint density at radius 3 is 2.37 bits per heavy atom. The van der Waals surface area contributed by atoms with Crippen LogP contribution in [0.25, 0.3) is 0 Å². The number of pyridine rings is 1. The fraction of sp³-hybridized carbons (Fsp3) is 0.182. The van der Waals surface area contributed by atoms with Gasteiger partial charge in [0.2, 0.25) is 0 Å². The second-order valence-electron chi connectivity index (χ2n) is 6.16. The van der Waals surface area contributed by atoms with Crippen LogP contribution in [-0.2, 0) is 11.2 Å². The standard InChI is InChI=1S/C22H21FN2O2/c1-2-20(27-21-6-4-3-5-19(21)23)22(26)25-18-9-7-16(8-10-18)15-17-11-13-24-14-12-17/h3-14,20H,2,15H2,1H3,(H,25,26)/t20-/m1/s1. The molecule has 138 valence electrons. The molecule has 1 heterocycles. The number of para-hydroxylation sites is 1. The number of aromatic nitrogens is 1. The monoisotopic (exact) mass is 364 g/mol. The molecule has 0 radical (unpaired) electrons. The van der Waals surface area contributed by atoms with Gasteiger partial charge in [0.25, 0.3) is 5.91 Å². The van der Waals surface area contributed by atoms with E-state index in [4.69, 9.17) is 4.74 Å². The second-order valence-corrected chi connectivity index (χ2v) is 6.16. The summed E-state index contributed by atoms with van der Waals surface area (Å²) >= 11 is 0. The Hall–Kier alpha value is -3.21. The van der Waals surface area contributed by atoms with Gasteiger partial charge in [-0.05, 0) is 60.4 Å². The van der Waals surface area contributed by atoms with Gasteiger partial charge in [-0.15, -0.1) is 0 Å². The van der Waals surface area contributed by atoms with E-state index in [1.807, 2.05) is 43.3 Å². The van der Waals surface area contributed by atoms with E-state index in [2.05, 4.69) is 10.3 Å². The van der Waals surface area contributed by atoms with E-state index in [0.717, 1.165) is 12.0 Å². The average molecular weight is 364 g/mol. The van der Waals surface area contributed by atoms with Crippen molar-refractivity contribution in [2.24, 2.45) is 0 Å². The number of hydrogen-bond donors (Lipinski definition) is 1. The lowest BCUT2D eigenvalue weighted by Gasteiger charge is -2.17. The van der Waals surface area contributed by atoms with Gasteiger partial charge < -0.3 is 10.1 Å². The highest BCUT2D eigenvalue weighted by atomic mass is 19.1. The Kier molecular flexibility index (Phi) is 6.15. The number of benzene rings is 2. The van der Waals surface area contributed by atoms with E-state index in [-0.39, 0.29) is 11.7 Å². The maximum Gasteiger partial charge on any atom is 0.265 e. The molecule has 1 atom stereocenters. The molecule has 0 bridgehead atoms. The van der Waals surface area contributed by atoms with Crippen molar-refractivity contribution in [1.82, 2.24) is 4.98 Å². The predicted molar refractivity (Wildman–Crippen MR) is 103 cm³/mol. The molecule has 0 aliphatic heterocycles. The number of rotatable bonds is 7. The minimum atomic E-state index is -0.765. The normalized spacial score (nSPS) is 11.6. The highest BCUT2D eigenvalue weighted by molar-refractivity contribution is 5.94. The third kappa shape index (κ3) is 5.14. The maximum atomic E-state index is 13.7. The smallest absolute Gasteiger partial charge is 0.265 e. The summed E-state index contributed by atoms with van der Waals surface area (Å²) < 4.78 is 19.3. The van der Waals surface area contributed by atoms with Gasteiger partial charge in [-0.25, -0.2) is 4.39 Å². The van der Waals surface area contributed by atoms with Crippen LogP contribution in [0.15, 0.2) is 73.1 Å². The molecule has 3 rings (SSSR count). The molecule has 2 aromatic carbocycles. The topological polar surface area (TPSA) is 51.2 Å². The van der Waals surface area contributed by atoms with Gasteiger partial charge in [0.15, 0.2) is 17.7 Å². The first-order valence-corrected chi connectivity index (χ1v) is 8.85. The number of hydrogen-bond acceptors (Lipinski definition) is 3. The number of halogens is 1. The van der Waals surface area contributed by atoms with E-state index in [1.165, 1.54) is 17.7 Å². The Morgan fingerprint density at radius 2 is 1.70 bits per heavy atom. The minimum absolute atomic E-state index is 0.0761. The van der Waals surface area contributed by atoms with Gasteiger partial charge in [-0.2, -0.15) is 0 Å². The third-order valence-electron chi connectivity index (χ3n) is 4.15. The molecular formula is C22H21FN2O2. The summed E-state index contributed by atoms with van der Waals surface area (Å²) in [5.74, 6) is -0.709. The van der Waals surface area contributed by atoms with Crippen molar-refractivity contribution in [3.8, 4) is 5.75 Å². The molecule has 4 nitrogen and oxygen atoms in total. The van der Waals surface area contributed by atoms with Gasteiger partial charge in [0, 0.05) is 18.1 Å². The summed E-state index contributed by atoms with van der Waals surface area (Å²) in [4.78, 5) is 16.5. The number of amides is 1. The molecule has 0 aliphatic rings. The number of carbonyl (C=O) groups is 1. The molecule has 0 unspecified atom stereocenters. The van der Waals surface area contributed by atoms with Gasteiger partial charge in [0.05, 0.1) is 0 Å². The van der Waals surface area contributed by atoms with Crippen molar-refractivity contribution in [2.45, 2.75) is 25.9 Å². The summed E-state index contributed by atoms with van der Waals surface area (Å²) in [7, 11) is 0.